The number of esters is 1. The molecule has 0 radical (unpaired) electrons. The van der Waals surface area contributed by atoms with Crippen molar-refractivity contribution in [3.63, 3.8) is 0 Å². The Bertz CT molecular complexity index is 465. The van der Waals surface area contributed by atoms with E-state index in [2.05, 4.69) is 5.32 Å². The molecule has 110 valence electrons. The molecule has 1 aromatic rings. The van der Waals surface area contributed by atoms with Gasteiger partial charge in [-0.05, 0) is 31.2 Å². The first-order valence-electron chi connectivity index (χ1n) is 6.73. The van der Waals surface area contributed by atoms with Crippen molar-refractivity contribution in [2.45, 2.75) is 37.5 Å². The average Bonchev–Trinajstić information content (AvgIpc) is 3.08. The van der Waals surface area contributed by atoms with Crippen LogP contribution in [0, 0.1) is 0 Å². The van der Waals surface area contributed by atoms with Crippen LogP contribution >= 0.6 is 11.8 Å². The molecule has 0 spiro atoms. The van der Waals surface area contributed by atoms with Gasteiger partial charge in [0.05, 0.1) is 5.75 Å². The third-order valence-corrected chi connectivity index (χ3v) is 3.78. The minimum Gasteiger partial charge on any atom is -0.453 e. The fourth-order valence-electron chi connectivity index (χ4n) is 2.25. The summed E-state index contributed by atoms with van der Waals surface area (Å²) in [5.41, 5.74) is 0. The third kappa shape index (κ3) is 4.30. The van der Waals surface area contributed by atoms with Crippen molar-refractivity contribution in [1.82, 2.24) is 5.32 Å². The summed E-state index contributed by atoms with van der Waals surface area (Å²) in [5.74, 6) is 0.720. The van der Waals surface area contributed by atoms with Crippen molar-refractivity contribution in [3.05, 3.63) is 23.7 Å². The Morgan fingerprint density at radius 1 is 1.40 bits per heavy atom. The summed E-state index contributed by atoms with van der Waals surface area (Å²) in [6.45, 7) is -0.256. The standard InChI is InChI=1S/C14H19NO4S/c1-20-9-11-6-7-12(19-11)14(17)18-8-13(16)15-10-4-2-3-5-10/h6-7,10H,2-5,8-9H2,1H3,(H,15,16). The largest absolute Gasteiger partial charge is 0.453 e. The molecule has 6 heteroatoms. The second kappa shape index (κ2) is 7.38. The van der Waals surface area contributed by atoms with Gasteiger partial charge in [0.15, 0.2) is 6.61 Å². The van der Waals surface area contributed by atoms with E-state index in [1.807, 2.05) is 6.26 Å². The number of hydrogen-bond donors (Lipinski definition) is 1. The number of carbonyl (C=O) groups excluding carboxylic acids is 2. The zero-order chi connectivity index (χ0) is 14.4. The molecule has 5 nitrogen and oxygen atoms in total. The summed E-state index contributed by atoms with van der Waals surface area (Å²) in [7, 11) is 0. The van der Waals surface area contributed by atoms with Crippen LogP contribution in [0.25, 0.3) is 0 Å². The average molecular weight is 297 g/mol. The maximum atomic E-state index is 11.7. The lowest BCUT2D eigenvalue weighted by Crippen LogP contribution is -2.35. The first kappa shape index (κ1) is 15.0. The number of amides is 1. The summed E-state index contributed by atoms with van der Waals surface area (Å²) in [4.78, 5) is 23.3. The highest BCUT2D eigenvalue weighted by atomic mass is 32.2. The van der Waals surface area contributed by atoms with Crippen LogP contribution in [0.1, 0.15) is 42.0 Å². The van der Waals surface area contributed by atoms with Crippen LogP contribution in [0.3, 0.4) is 0 Å². The minimum absolute atomic E-state index is 0.141. The molecule has 1 amide bonds. The van der Waals surface area contributed by atoms with Crippen LogP contribution < -0.4 is 5.32 Å². The van der Waals surface area contributed by atoms with Crippen LogP contribution in [0.5, 0.6) is 0 Å². The highest BCUT2D eigenvalue weighted by Crippen LogP contribution is 2.17. The number of rotatable bonds is 6. The Labute approximate surface area is 122 Å². The topological polar surface area (TPSA) is 68.5 Å². The number of ether oxygens (including phenoxy) is 1. The van der Waals surface area contributed by atoms with Gasteiger partial charge in [-0.25, -0.2) is 4.79 Å². The number of furan rings is 1. The van der Waals surface area contributed by atoms with E-state index >= 15 is 0 Å². The van der Waals surface area contributed by atoms with Gasteiger partial charge in [0.25, 0.3) is 5.91 Å². The molecule has 2 rings (SSSR count). The molecular weight excluding hydrogens is 278 g/mol. The summed E-state index contributed by atoms with van der Waals surface area (Å²) in [5, 5.41) is 2.86. The normalized spacial score (nSPS) is 15.2. The summed E-state index contributed by atoms with van der Waals surface area (Å²) >= 11 is 1.61. The van der Waals surface area contributed by atoms with E-state index in [9.17, 15) is 9.59 Å². The Kier molecular flexibility index (Phi) is 5.52. The Balaban J connectivity index is 1.74. The van der Waals surface area contributed by atoms with Gasteiger partial charge in [0.1, 0.15) is 5.76 Å². The smallest absolute Gasteiger partial charge is 0.374 e. The third-order valence-electron chi connectivity index (χ3n) is 3.20. The van der Waals surface area contributed by atoms with Crippen LogP contribution in [-0.2, 0) is 15.3 Å². The predicted octanol–water partition coefficient (Wildman–Crippen LogP) is 2.36. The van der Waals surface area contributed by atoms with E-state index in [0.29, 0.717) is 5.75 Å². The quantitative estimate of drug-likeness (QED) is 0.816. The van der Waals surface area contributed by atoms with Gasteiger partial charge in [0, 0.05) is 6.04 Å². The number of nitrogens with one attached hydrogen (secondary N) is 1. The number of carbonyl (C=O) groups is 2. The van der Waals surface area contributed by atoms with E-state index in [-0.39, 0.29) is 24.3 Å². The van der Waals surface area contributed by atoms with Crippen molar-refractivity contribution in [2.75, 3.05) is 12.9 Å². The summed E-state index contributed by atoms with van der Waals surface area (Å²) in [6, 6.07) is 3.55. The Morgan fingerprint density at radius 3 is 2.85 bits per heavy atom. The lowest BCUT2D eigenvalue weighted by atomic mass is 10.2. The molecule has 1 aliphatic rings. The monoisotopic (exact) mass is 297 g/mol. The predicted molar refractivity (Wildman–Crippen MR) is 76.6 cm³/mol. The molecule has 1 fully saturated rings. The number of hydrogen-bond acceptors (Lipinski definition) is 5. The highest BCUT2D eigenvalue weighted by Gasteiger charge is 2.19. The van der Waals surface area contributed by atoms with Crippen molar-refractivity contribution in [3.8, 4) is 0 Å². The molecule has 0 saturated heterocycles. The lowest BCUT2D eigenvalue weighted by Gasteiger charge is -2.11. The molecule has 0 bridgehead atoms. The SMILES string of the molecule is CSCc1ccc(C(=O)OCC(=O)NC2CCCC2)o1. The van der Waals surface area contributed by atoms with Crippen LogP contribution in [-0.4, -0.2) is 30.8 Å². The van der Waals surface area contributed by atoms with Gasteiger partial charge >= 0.3 is 5.97 Å². The molecule has 1 aliphatic carbocycles. The van der Waals surface area contributed by atoms with Gasteiger partial charge in [-0.15, -0.1) is 0 Å². The molecule has 0 atom stereocenters. The number of thioether (sulfide) groups is 1. The molecule has 1 N–H and O–H groups in total. The fraction of sp³-hybridized carbons (Fsp3) is 0.571. The summed E-state index contributed by atoms with van der Waals surface area (Å²) in [6.07, 6.45) is 6.27. The second-order valence-electron chi connectivity index (χ2n) is 4.82. The zero-order valence-corrected chi connectivity index (χ0v) is 12.3. The van der Waals surface area contributed by atoms with Crippen LogP contribution in [0.2, 0.25) is 0 Å². The molecule has 1 heterocycles. The first-order chi connectivity index (χ1) is 9.69. The van der Waals surface area contributed by atoms with Gasteiger partial charge in [0.2, 0.25) is 5.76 Å². The van der Waals surface area contributed by atoms with E-state index in [1.54, 1.807) is 23.9 Å². The van der Waals surface area contributed by atoms with E-state index in [0.717, 1.165) is 31.4 Å². The molecule has 20 heavy (non-hydrogen) atoms. The maximum Gasteiger partial charge on any atom is 0.374 e. The Morgan fingerprint density at radius 2 is 2.15 bits per heavy atom. The molecule has 0 unspecified atom stereocenters. The lowest BCUT2D eigenvalue weighted by molar-refractivity contribution is -0.124. The summed E-state index contributed by atoms with van der Waals surface area (Å²) < 4.78 is 10.3. The van der Waals surface area contributed by atoms with Gasteiger partial charge in [-0.2, -0.15) is 11.8 Å². The highest BCUT2D eigenvalue weighted by molar-refractivity contribution is 7.97. The molecule has 1 aromatic heterocycles. The second-order valence-corrected chi connectivity index (χ2v) is 5.69. The molecule has 0 aliphatic heterocycles. The molecular formula is C14H19NO4S. The van der Waals surface area contributed by atoms with Gasteiger partial charge < -0.3 is 14.5 Å². The van der Waals surface area contributed by atoms with E-state index in [1.165, 1.54) is 0 Å². The maximum absolute atomic E-state index is 11.7. The van der Waals surface area contributed by atoms with Crippen LogP contribution in [0.15, 0.2) is 16.5 Å². The van der Waals surface area contributed by atoms with E-state index in [4.69, 9.17) is 9.15 Å². The van der Waals surface area contributed by atoms with Gasteiger partial charge in [-0.1, -0.05) is 12.8 Å². The van der Waals surface area contributed by atoms with Crippen LogP contribution in [0.4, 0.5) is 0 Å². The zero-order valence-electron chi connectivity index (χ0n) is 11.5. The minimum atomic E-state index is -0.598. The Hall–Kier alpha value is -1.43. The van der Waals surface area contributed by atoms with Crippen molar-refractivity contribution in [1.29, 1.82) is 0 Å². The van der Waals surface area contributed by atoms with Crippen molar-refractivity contribution >= 4 is 23.6 Å². The van der Waals surface area contributed by atoms with Crippen molar-refractivity contribution < 1.29 is 18.7 Å². The van der Waals surface area contributed by atoms with Crippen molar-refractivity contribution in [2.24, 2.45) is 0 Å². The first-order valence-corrected chi connectivity index (χ1v) is 8.12. The molecule has 0 aromatic carbocycles. The molecule has 1 saturated carbocycles. The fourth-order valence-corrected chi connectivity index (χ4v) is 2.69. The van der Waals surface area contributed by atoms with E-state index < -0.39 is 5.97 Å². The van der Waals surface area contributed by atoms with Gasteiger partial charge in [-0.3, -0.25) is 4.79 Å².